The molecule has 24 heavy (non-hydrogen) atoms. The Hall–Kier alpha value is -2.10. The summed E-state index contributed by atoms with van der Waals surface area (Å²) < 4.78 is 10.2. The SMILES string of the molecule is COC(=O)c1cccc(OC[C@H](O)CN(CCC#N)CC(C)C)c1. The fourth-order valence-electron chi connectivity index (χ4n) is 2.36. The molecule has 0 spiro atoms. The molecule has 0 fully saturated rings. The third-order valence-corrected chi connectivity index (χ3v) is 3.33. The molecule has 132 valence electrons. The average molecular weight is 334 g/mol. The Morgan fingerprint density at radius 1 is 1.38 bits per heavy atom. The average Bonchev–Trinajstić information content (AvgIpc) is 2.57. The minimum absolute atomic E-state index is 0.117. The first kappa shape index (κ1) is 19.9. The number of carbonyl (C=O) groups excluding carboxylic acids is 1. The molecule has 1 aromatic carbocycles. The highest BCUT2D eigenvalue weighted by Gasteiger charge is 2.14. The van der Waals surface area contributed by atoms with Gasteiger partial charge in [0, 0.05) is 26.1 Å². The van der Waals surface area contributed by atoms with Crippen molar-refractivity contribution < 1.29 is 19.4 Å². The first-order valence-corrected chi connectivity index (χ1v) is 8.04. The normalized spacial score (nSPS) is 12.0. The molecule has 0 saturated carbocycles. The molecular formula is C18H26N2O4. The second-order valence-electron chi connectivity index (χ2n) is 6.05. The number of aliphatic hydroxyl groups excluding tert-OH is 1. The summed E-state index contributed by atoms with van der Waals surface area (Å²) in [5.41, 5.74) is 0.403. The van der Waals surface area contributed by atoms with Crippen LogP contribution in [0.1, 0.15) is 30.6 Å². The van der Waals surface area contributed by atoms with E-state index in [2.05, 4.69) is 29.6 Å². The van der Waals surface area contributed by atoms with Crippen LogP contribution in [0.4, 0.5) is 0 Å². The maximum atomic E-state index is 11.5. The lowest BCUT2D eigenvalue weighted by atomic mass is 10.2. The topological polar surface area (TPSA) is 82.8 Å². The quantitative estimate of drug-likeness (QED) is 0.660. The largest absolute Gasteiger partial charge is 0.491 e. The summed E-state index contributed by atoms with van der Waals surface area (Å²) in [5.74, 6) is 0.526. The molecule has 0 bridgehead atoms. The van der Waals surface area contributed by atoms with Gasteiger partial charge in [-0.25, -0.2) is 4.79 Å². The van der Waals surface area contributed by atoms with Gasteiger partial charge in [0.2, 0.25) is 0 Å². The van der Waals surface area contributed by atoms with E-state index < -0.39 is 12.1 Å². The molecule has 1 aromatic rings. The van der Waals surface area contributed by atoms with Crippen molar-refractivity contribution in [1.82, 2.24) is 4.90 Å². The zero-order valence-electron chi connectivity index (χ0n) is 14.6. The number of ether oxygens (including phenoxy) is 2. The summed E-state index contributed by atoms with van der Waals surface area (Å²) >= 11 is 0. The Morgan fingerprint density at radius 2 is 2.12 bits per heavy atom. The van der Waals surface area contributed by atoms with E-state index in [4.69, 9.17) is 10.00 Å². The Kier molecular flexibility index (Phi) is 8.84. The van der Waals surface area contributed by atoms with Crippen LogP contribution >= 0.6 is 0 Å². The predicted octanol–water partition coefficient (Wildman–Crippen LogP) is 2.08. The molecule has 6 nitrogen and oxygen atoms in total. The lowest BCUT2D eigenvalue weighted by Crippen LogP contribution is -2.38. The predicted molar refractivity (Wildman–Crippen MR) is 90.8 cm³/mol. The van der Waals surface area contributed by atoms with Gasteiger partial charge in [0.05, 0.1) is 18.7 Å². The van der Waals surface area contributed by atoms with Gasteiger partial charge >= 0.3 is 5.97 Å². The van der Waals surface area contributed by atoms with Crippen molar-refractivity contribution in [2.75, 3.05) is 33.4 Å². The van der Waals surface area contributed by atoms with Crippen LogP contribution in [0.15, 0.2) is 24.3 Å². The highest BCUT2D eigenvalue weighted by Crippen LogP contribution is 2.14. The van der Waals surface area contributed by atoms with Gasteiger partial charge in [-0.1, -0.05) is 19.9 Å². The van der Waals surface area contributed by atoms with E-state index in [1.807, 2.05) is 0 Å². The van der Waals surface area contributed by atoms with E-state index in [1.54, 1.807) is 24.3 Å². The van der Waals surface area contributed by atoms with Gasteiger partial charge in [-0.15, -0.1) is 0 Å². The van der Waals surface area contributed by atoms with Crippen molar-refractivity contribution >= 4 is 5.97 Å². The second kappa shape index (κ2) is 10.6. The smallest absolute Gasteiger partial charge is 0.337 e. The molecule has 0 aliphatic carbocycles. The highest BCUT2D eigenvalue weighted by molar-refractivity contribution is 5.89. The first-order valence-electron chi connectivity index (χ1n) is 8.04. The van der Waals surface area contributed by atoms with Gasteiger partial charge in [0.15, 0.2) is 0 Å². The molecule has 0 aliphatic rings. The summed E-state index contributed by atoms with van der Waals surface area (Å²) in [6, 6.07) is 8.77. The molecule has 0 unspecified atom stereocenters. The number of benzene rings is 1. The molecule has 0 heterocycles. The number of nitrogens with zero attached hydrogens (tertiary/aromatic N) is 2. The number of nitriles is 1. The van der Waals surface area contributed by atoms with Crippen molar-refractivity contribution in [2.45, 2.75) is 26.4 Å². The fraction of sp³-hybridized carbons (Fsp3) is 0.556. The van der Waals surface area contributed by atoms with Crippen LogP contribution in [0, 0.1) is 17.2 Å². The van der Waals surface area contributed by atoms with Crippen LogP contribution in [0.2, 0.25) is 0 Å². The van der Waals surface area contributed by atoms with E-state index in [1.165, 1.54) is 7.11 Å². The lowest BCUT2D eigenvalue weighted by molar-refractivity contribution is 0.0597. The molecule has 1 atom stereocenters. The van der Waals surface area contributed by atoms with Gasteiger partial charge in [0.25, 0.3) is 0 Å². The first-order chi connectivity index (χ1) is 11.5. The van der Waals surface area contributed by atoms with Crippen LogP contribution in [-0.4, -0.2) is 55.4 Å². The Bertz CT molecular complexity index is 554. The van der Waals surface area contributed by atoms with Crippen LogP contribution in [-0.2, 0) is 4.74 Å². The van der Waals surface area contributed by atoms with Crippen molar-refractivity contribution in [3.05, 3.63) is 29.8 Å². The molecule has 1 rings (SSSR count). The van der Waals surface area contributed by atoms with Gasteiger partial charge < -0.3 is 14.6 Å². The Morgan fingerprint density at radius 3 is 2.75 bits per heavy atom. The van der Waals surface area contributed by atoms with Crippen LogP contribution in [0.5, 0.6) is 5.75 Å². The lowest BCUT2D eigenvalue weighted by Gasteiger charge is -2.25. The van der Waals surface area contributed by atoms with Gasteiger partial charge in [0.1, 0.15) is 18.5 Å². The zero-order chi connectivity index (χ0) is 17.9. The second-order valence-corrected chi connectivity index (χ2v) is 6.05. The molecule has 1 N–H and O–H groups in total. The summed E-state index contributed by atoms with van der Waals surface area (Å²) in [7, 11) is 1.32. The van der Waals surface area contributed by atoms with Crippen molar-refractivity contribution in [3.63, 3.8) is 0 Å². The van der Waals surface area contributed by atoms with Crippen LogP contribution < -0.4 is 4.74 Å². The summed E-state index contributed by atoms with van der Waals surface area (Å²) in [6.45, 7) is 6.20. The number of carbonyl (C=O) groups is 1. The standard InChI is InChI=1S/C18H26N2O4/c1-14(2)11-20(9-5-8-19)12-16(21)13-24-17-7-4-6-15(10-17)18(22)23-3/h4,6-7,10,14,16,21H,5,9,11-13H2,1-3H3/t16-/m1/s1. The molecule has 6 heteroatoms. The van der Waals surface area contributed by atoms with Crippen LogP contribution in [0.25, 0.3) is 0 Å². The third-order valence-electron chi connectivity index (χ3n) is 3.33. The zero-order valence-corrected chi connectivity index (χ0v) is 14.6. The number of rotatable bonds is 10. The third kappa shape index (κ3) is 7.44. The number of hydrogen-bond donors (Lipinski definition) is 1. The summed E-state index contributed by atoms with van der Waals surface area (Å²) in [6.07, 6.45) is -0.245. The van der Waals surface area contributed by atoms with Crippen LogP contribution in [0.3, 0.4) is 0 Å². The summed E-state index contributed by atoms with van der Waals surface area (Å²) in [5, 5.41) is 18.9. The Balaban J connectivity index is 2.53. The minimum atomic E-state index is -0.677. The van der Waals surface area contributed by atoms with E-state index in [0.717, 1.165) is 6.54 Å². The highest BCUT2D eigenvalue weighted by atomic mass is 16.5. The molecule has 0 saturated heterocycles. The van der Waals surface area contributed by atoms with Crippen molar-refractivity contribution in [1.29, 1.82) is 5.26 Å². The summed E-state index contributed by atoms with van der Waals surface area (Å²) in [4.78, 5) is 13.6. The monoisotopic (exact) mass is 334 g/mol. The molecule has 0 aromatic heterocycles. The maximum Gasteiger partial charge on any atom is 0.337 e. The Labute approximate surface area is 143 Å². The minimum Gasteiger partial charge on any atom is -0.491 e. The van der Waals surface area contributed by atoms with Gasteiger partial charge in [-0.2, -0.15) is 5.26 Å². The van der Waals surface area contributed by atoms with E-state index in [9.17, 15) is 9.90 Å². The molecule has 0 radical (unpaired) electrons. The van der Waals surface area contributed by atoms with Crippen molar-refractivity contribution in [2.24, 2.45) is 5.92 Å². The molecular weight excluding hydrogens is 308 g/mol. The number of aliphatic hydroxyl groups is 1. The van der Waals surface area contributed by atoms with Gasteiger partial charge in [-0.05, 0) is 24.1 Å². The number of hydrogen-bond acceptors (Lipinski definition) is 6. The van der Waals surface area contributed by atoms with E-state index >= 15 is 0 Å². The maximum absolute atomic E-state index is 11.5. The number of esters is 1. The van der Waals surface area contributed by atoms with E-state index in [0.29, 0.717) is 36.7 Å². The van der Waals surface area contributed by atoms with E-state index in [-0.39, 0.29) is 6.61 Å². The molecule has 0 amide bonds. The van der Waals surface area contributed by atoms with Gasteiger partial charge in [-0.3, -0.25) is 4.90 Å². The fourth-order valence-corrected chi connectivity index (χ4v) is 2.36. The van der Waals surface area contributed by atoms with Crippen molar-refractivity contribution in [3.8, 4) is 11.8 Å². The molecule has 0 aliphatic heterocycles. The number of methoxy groups -OCH3 is 1.